The van der Waals surface area contributed by atoms with Gasteiger partial charge in [0, 0.05) is 25.0 Å². The molecule has 2 aromatic carbocycles. The molecular formula is C21H24FN3. The highest BCUT2D eigenvalue weighted by Crippen LogP contribution is 2.33. The second kappa shape index (κ2) is 7.19. The van der Waals surface area contributed by atoms with Crippen LogP contribution in [0.25, 0.3) is 5.69 Å². The smallest absolute Gasteiger partial charge is 0.147 e. The lowest BCUT2D eigenvalue weighted by Gasteiger charge is -2.32. The van der Waals surface area contributed by atoms with Gasteiger partial charge < -0.3 is 9.88 Å². The number of imidazole rings is 1. The Morgan fingerprint density at radius 2 is 1.88 bits per heavy atom. The highest BCUT2D eigenvalue weighted by molar-refractivity contribution is 5.36. The number of benzene rings is 2. The average Bonchev–Trinajstić information content (AvgIpc) is 3.09. The lowest BCUT2D eigenvalue weighted by Crippen LogP contribution is -2.32. The molecule has 1 heterocycles. The van der Waals surface area contributed by atoms with E-state index in [0.717, 1.165) is 5.56 Å². The second-order valence-corrected chi connectivity index (χ2v) is 7.35. The molecule has 25 heavy (non-hydrogen) atoms. The molecule has 0 saturated heterocycles. The predicted molar refractivity (Wildman–Crippen MR) is 99.0 cm³/mol. The maximum atomic E-state index is 14.4. The minimum absolute atomic E-state index is 0.0522. The summed E-state index contributed by atoms with van der Waals surface area (Å²) in [5.74, 6) is -0.246. The van der Waals surface area contributed by atoms with E-state index in [2.05, 4.69) is 55.3 Å². The van der Waals surface area contributed by atoms with Crippen LogP contribution in [0.1, 0.15) is 37.9 Å². The molecule has 130 valence electrons. The van der Waals surface area contributed by atoms with Crippen LogP contribution in [0.5, 0.6) is 0 Å². The largest absolute Gasteiger partial charge is 0.305 e. The molecule has 3 rings (SSSR count). The van der Waals surface area contributed by atoms with E-state index in [1.165, 1.54) is 5.56 Å². The maximum absolute atomic E-state index is 14.4. The summed E-state index contributed by atoms with van der Waals surface area (Å²) in [7, 11) is 0. The fraction of sp³-hybridized carbons (Fsp3) is 0.286. The van der Waals surface area contributed by atoms with Gasteiger partial charge in [-0.15, -0.1) is 0 Å². The van der Waals surface area contributed by atoms with Crippen LogP contribution in [0, 0.1) is 11.2 Å². The summed E-state index contributed by atoms with van der Waals surface area (Å²) in [5.41, 5.74) is 2.73. The number of aromatic nitrogens is 2. The molecular weight excluding hydrogens is 313 g/mol. The van der Waals surface area contributed by atoms with Crippen molar-refractivity contribution in [3.05, 3.63) is 84.2 Å². The molecule has 0 spiro atoms. The van der Waals surface area contributed by atoms with Crippen LogP contribution >= 0.6 is 0 Å². The summed E-state index contributed by atoms with van der Waals surface area (Å²) in [6, 6.07) is 15.9. The van der Waals surface area contributed by atoms with Crippen LogP contribution in [0.4, 0.5) is 4.39 Å². The molecule has 0 aliphatic rings. The predicted octanol–water partition coefficient (Wildman–Crippen LogP) is 4.89. The summed E-state index contributed by atoms with van der Waals surface area (Å²) < 4.78 is 16.1. The van der Waals surface area contributed by atoms with E-state index < -0.39 is 0 Å². The average molecular weight is 337 g/mol. The number of rotatable bonds is 5. The first-order valence-electron chi connectivity index (χ1n) is 8.50. The molecule has 4 heteroatoms. The Morgan fingerprint density at radius 3 is 2.48 bits per heavy atom. The quantitative estimate of drug-likeness (QED) is 0.718. The zero-order valence-electron chi connectivity index (χ0n) is 14.9. The van der Waals surface area contributed by atoms with Gasteiger partial charge in [0.15, 0.2) is 0 Å². The highest BCUT2D eigenvalue weighted by atomic mass is 19.1. The van der Waals surface area contributed by atoms with Crippen molar-refractivity contribution in [2.24, 2.45) is 5.41 Å². The van der Waals surface area contributed by atoms with E-state index in [1.54, 1.807) is 35.4 Å². The van der Waals surface area contributed by atoms with E-state index in [1.807, 2.05) is 12.1 Å². The summed E-state index contributed by atoms with van der Waals surface area (Å²) in [5, 5.41) is 3.59. The van der Waals surface area contributed by atoms with Crippen LogP contribution in [0.3, 0.4) is 0 Å². The summed E-state index contributed by atoms with van der Waals surface area (Å²) in [4.78, 5) is 3.97. The van der Waals surface area contributed by atoms with Crippen molar-refractivity contribution in [1.29, 1.82) is 0 Å². The molecule has 0 radical (unpaired) electrons. The molecule has 0 amide bonds. The van der Waals surface area contributed by atoms with Crippen molar-refractivity contribution in [2.45, 2.75) is 33.4 Å². The Kier molecular flexibility index (Phi) is 5.00. The zero-order chi connectivity index (χ0) is 17.9. The molecule has 0 saturated carbocycles. The standard InChI is InChI=1S/C21H24FN3/c1-21(2,3)20(17-7-5-4-6-8-17)24-14-16-9-10-19(18(22)13-16)25-12-11-23-15-25/h4-13,15,20,24H,14H2,1-3H3. The topological polar surface area (TPSA) is 29.9 Å². The Morgan fingerprint density at radius 1 is 1.12 bits per heavy atom. The van der Waals surface area contributed by atoms with Crippen molar-refractivity contribution in [3.8, 4) is 5.69 Å². The van der Waals surface area contributed by atoms with Crippen LogP contribution in [-0.2, 0) is 6.54 Å². The molecule has 3 nitrogen and oxygen atoms in total. The first-order chi connectivity index (χ1) is 11.9. The third-order valence-electron chi connectivity index (χ3n) is 4.30. The number of hydrogen-bond acceptors (Lipinski definition) is 2. The van der Waals surface area contributed by atoms with Gasteiger partial charge in [0.2, 0.25) is 0 Å². The van der Waals surface area contributed by atoms with Gasteiger partial charge in [0.05, 0.1) is 12.0 Å². The van der Waals surface area contributed by atoms with Crippen LogP contribution in [0.15, 0.2) is 67.3 Å². The minimum atomic E-state index is -0.246. The fourth-order valence-electron chi connectivity index (χ4n) is 3.06. The van der Waals surface area contributed by atoms with Crippen molar-refractivity contribution in [2.75, 3.05) is 0 Å². The van der Waals surface area contributed by atoms with Crippen molar-refractivity contribution < 1.29 is 4.39 Å². The summed E-state index contributed by atoms with van der Waals surface area (Å²) >= 11 is 0. The first kappa shape index (κ1) is 17.4. The molecule has 0 bridgehead atoms. The number of nitrogens with one attached hydrogen (secondary N) is 1. The van der Waals surface area contributed by atoms with Gasteiger partial charge in [-0.25, -0.2) is 9.37 Å². The molecule has 0 fully saturated rings. The highest BCUT2D eigenvalue weighted by Gasteiger charge is 2.25. The van der Waals surface area contributed by atoms with Gasteiger partial charge in [-0.05, 0) is 28.7 Å². The van der Waals surface area contributed by atoms with Gasteiger partial charge in [-0.1, -0.05) is 57.2 Å². The summed E-state index contributed by atoms with van der Waals surface area (Å²) in [6.07, 6.45) is 4.98. The maximum Gasteiger partial charge on any atom is 0.147 e. The fourth-order valence-corrected chi connectivity index (χ4v) is 3.06. The first-order valence-corrected chi connectivity index (χ1v) is 8.50. The third-order valence-corrected chi connectivity index (χ3v) is 4.30. The molecule has 1 N–H and O–H groups in total. The zero-order valence-corrected chi connectivity index (χ0v) is 14.9. The number of nitrogens with zero attached hydrogens (tertiary/aromatic N) is 2. The number of hydrogen-bond donors (Lipinski definition) is 1. The van der Waals surface area contributed by atoms with E-state index >= 15 is 0 Å². The van der Waals surface area contributed by atoms with E-state index in [9.17, 15) is 4.39 Å². The number of halogens is 1. The van der Waals surface area contributed by atoms with Crippen LogP contribution < -0.4 is 5.32 Å². The molecule has 0 aliphatic carbocycles. The van der Waals surface area contributed by atoms with Crippen molar-refractivity contribution >= 4 is 0 Å². The van der Waals surface area contributed by atoms with Gasteiger partial charge in [0.25, 0.3) is 0 Å². The monoisotopic (exact) mass is 337 g/mol. The Hall–Kier alpha value is -2.46. The van der Waals surface area contributed by atoms with Crippen molar-refractivity contribution in [1.82, 2.24) is 14.9 Å². The second-order valence-electron chi connectivity index (χ2n) is 7.35. The normalized spacial score (nSPS) is 13.0. The lowest BCUT2D eigenvalue weighted by atomic mass is 9.82. The third kappa shape index (κ3) is 4.15. The van der Waals surface area contributed by atoms with E-state index in [0.29, 0.717) is 12.2 Å². The molecule has 0 aliphatic heterocycles. The van der Waals surface area contributed by atoms with Gasteiger partial charge in [0.1, 0.15) is 5.82 Å². The van der Waals surface area contributed by atoms with Crippen molar-refractivity contribution in [3.63, 3.8) is 0 Å². The molecule has 1 atom stereocenters. The molecule has 1 aromatic heterocycles. The van der Waals surface area contributed by atoms with Gasteiger partial charge in [-0.2, -0.15) is 0 Å². The van der Waals surface area contributed by atoms with E-state index in [4.69, 9.17) is 0 Å². The SMILES string of the molecule is CC(C)(C)C(NCc1ccc(-n2ccnc2)c(F)c1)c1ccccc1. The van der Waals surface area contributed by atoms with Gasteiger partial charge in [-0.3, -0.25) is 0 Å². The minimum Gasteiger partial charge on any atom is -0.305 e. The van der Waals surface area contributed by atoms with Crippen LogP contribution in [-0.4, -0.2) is 9.55 Å². The van der Waals surface area contributed by atoms with E-state index in [-0.39, 0.29) is 17.3 Å². The lowest BCUT2D eigenvalue weighted by molar-refractivity contribution is 0.271. The molecule has 1 unspecified atom stereocenters. The summed E-state index contributed by atoms with van der Waals surface area (Å²) in [6.45, 7) is 7.24. The Labute approximate surface area is 148 Å². The van der Waals surface area contributed by atoms with Crippen LogP contribution in [0.2, 0.25) is 0 Å². The molecule has 3 aromatic rings. The Balaban J connectivity index is 1.76. The Bertz CT molecular complexity index is 805. The van der Waals surface area contributed by atoms with Gasteiger partial charge >= 0.3 is 0 Å².